The van der Waals surface area contributed by atoms with Gasteiger partial charge in [-0.15, -0.1) is 0 Å². The highest BCUT2D eigenvalue weighted by Crippen LogP contribution is 2.07. The molecule has 0 aromatic rings. The average molecular weight is 215 g/mol. The molecular weight excluding hydrogens is 186 g/mol. The Bertz CT molecular complexity index is 120. The van der Waals surface area contributed by atoms with Crippen LogP contribution < -0.4 is 0 Å². The van der Waals surface area contributed by atoms with Gasteiger partial charge >= 0.3 is 0 Å². The van der Waals surface area contributed by atoms with E-state index < -0.39 is 0 Å². The van der Waals surface area contributed by atoms with Gasteiger partial charge in [0.05, 0.1) is 13.2 Å². The Morgan fingerprint density at radius 1 is 1.07 bits per heavy atom. The average Bonchev–Trinajstić information content (AvgIpc) is 2.28. The number of hydrogen-bond acceptors (Lipinski definition) is 2. The zero-order chi connectivity index (χ0) is 11.5. The molecule has 1 heterocycles. The second-order valence-corrected chi connectivity index (χ2v) is 4.34. The minimum Gasteiger partial charge on any atom is -0.379 e. The monoisotopic (exact) mass is 215 g/mol. The summed E-state index contributed by atoms with van der Waals surface area (Å²) in [6.07, 6.45) is 4.12. The molecule has 0 saturated carbocycles. The van der Waals surface area contributed by atoms with Gasteiger partial charge in [-0.3, -0.25) is 4.90 Å². The molecule has 2 heteroatoms. The molecule has 1 fully saturated rings. The molecule has 1 saturated heterocycles. The largest absolute Gasteiger partial charge is 0.379 e. The molecule has 0 unspecified atom stereocenters. The summed E-state index contributed by atoms with van der Waals surface area (Å²) >= 11 is 0. The first-order valence-corrected chi connectivity index (χ1v) is 6.59. The molecule has 0 radical (unpaired) electrons. The van der Waals surface area contributed by atoms with E-state index in [4.69, 9.17) is 4.74 Å². The Balaban J connectivity index is 0.000000921. The van der Waals surface area contributed by atoms with Gasteiger partial charge in [-0.2, -0.15) is 0 Å². The van der Waals surface area contributed by atoms with Gasteiger partial charge < -0.3 is 4.74 Å². The summed E-state index contributed by atoms with van der Waals surface area (Å²) in [6, 6.07) is 0. The predicted molar refractivity (Wildman–Crippen MR) is 67.3 cm³/mol. The SMILES string of the molecule is CC.CC(C)CCCCN1CCOCC1. The minimum absolute atomic E-state index is 0.865. The maximum absolute atomic E-state index is 5.30. The van der Waals surface area contributed by atoms with Crippen molar-refractivity contribution >= 4 is 0 Å². The molecule has 1 rings (SSSR count). The number of rotatable bonds is 5. The molecule has 0 spiro atoms. The Labute approximate surface area is 96.0 Å². The molecule has 0 aromatic carbocycles. The normalized spacial score (nSPS) is 17.4. The van der Waals surface area contributed by atoms with Gasteiger partial charge in [-0.25, -0.2) is 0 Å². The van der Waals surface area contributed by atoms with Gasteiger partial charge in [0.25, 0.3) is 0 Å². The summed E-state index contributed by atoms with van der Waals surface area (Å²) in [7, 11) is 0. The van der Waals surface area contributed by atoms with Crippen molar-refractivity contribution in [3.63, 3.8) is 0 Å². The van der Waals surface area contributed by atoms with E-state index in [1.807, 2.05) is 13.8 Å². The Morgan fingerprint density at radius 3 is 2.20 bits per heavy atom. The number of nitrogens with zero attached hydrogens (tertiary/aromatic N) is 1. The third kappa shape index (κ3) is 8.88. The highest BCUT2D eigenvalue weighted by Gasteiger charge is 2.08. The smallest absolute Gasteiger partial charge is 0.0594 e. The van der Waals surface area contributed by atoms with Crippen molar-refractivity contribution < 1.29 is 4.74 Å². The Morgan fingerprint density at radius 2 is 1.67 bits per heavy atom. The summed E-state index contributed by atoms with van der Waals surface area (Å²) in [4.78, 5) is 2.52. The fourth-order valence-corrected chi connectivity index (χ4v) is 1.71. The van der Waals surface area contributed by atoms with Crippen LogP contribution in [0.5, 0.6) is 0 Å². The van der Waals surface area contributed by atoms with Gasteiger partial charge in [-0.1, -0.05) is 40.5 Å². The van der Waals surface area contributed by atoms with Crippen LogP contribution in [0.1, 0.15) is 47.0 Å². The van der Waals surface area contributed by atoms with Gasteiger partial charge in [0.15, 0.2) is 0 Å². The van der Waals surface area contributed by atoms with Gasteiger partial charge in [0.1, 0.15) is 0 Å². The number of ether oxygens (including phenoxy) is 1. The van der Waals surface area contributed by atoms with Crippen molar-refractivity contribution in [3.05, 3.63) is 0 Å². The lowest BCUT2D eigenvalue weighted by Crippen LogP contribution is -2.36. The molecule has 0 N–H and O–H groups in total. The van der Waals surface area contributed by atoms with Crippen molar-refractivity contribution in [2.75, 3.05) is 32.8 Å². The molecule has 0 aliphatic carbocycles. The van der Waals surface area contributed by atoms with Crippen LogP contribution >= 0.6 is 0 Å². The van der Waals surface area contributed by atoms with Crippen molar-refractivity contribution in [1.82, 2.24) is 4.90 Å². The maximum Gasteiger partial charge on any atom is 0.0594 e. The van der Waals surface area contributed by atoms with E-state index in [0.29, 0.717) is 0 Å². The third-order valence-electron chi connectivity index (χ3n) is 2.61. The standard InChI is InChI=1S/C11H23NO.C2H6/c1-11(2)5-3-4-6-12-7-9-13-10-8-12;1-2/h11H,3-10H2,1-2H3;1-2H3. The van der Waals surface area contributed by atoms with Crippen LogP contribution in [-0.2, 0) is 4.74 Å². The second kappa shape index (κ2) is 10.4. The molecular formula is C13H29NO. The molecule has 0 atom stereocenters. The Hall–Kier alpha value is -0.0800. The predicted octanol–water partition coefficient (Wildman–Crippen LogP) is 3.17. The topological polar surface area (TPSA) is 12.5 Å². The highest BCUT2D eigenvalue weighted by atomic mass is 16.5. The maximum atomic E-state index is 5.30. The van der Waals surface area contributed by atoms with Crippen LogP contribution in [0.2, 0.25) is 0 Å². The molecule has 0 bridgehead atoms. The highest BCUT2D eigenvalue weighted by molar-refractivity contribution is 4.61. The second-order valence-electron chi connectivity index (χ2n) is 4.34. The van der Waals surface area contributed by atoms with Crippen molar-refractivity contribution in [2.24, 2.45) is 5.92 Å². The van der Waals surface area contributed by atoms with E-state index in [1.54, 1.807) is 0 Å². The molecule has 0 aromatic heterocycles. The fraction of sp³-hybridized carbons (Fsp3) is 1.00. The first-order chi connectivity index (χ1) is 7.29. The van der Waals surface area contributed by atoms with E-state index in [9.17, 15) is 0 Å². The summed E-state index contributed by atoms with van der Waals surface area (Å²) in [5, 5.41) is 0. The molecule has 92 valence electrons. The first kappa shape index (κ1) is 14.9. The van der Waals surface area contributed by atoms with E-state index in [-0.39, 0.29) is 0 Å². The first-order valence-electron chi connectivity index (χ1n) is 6.59. The van der Waals surface area contributed by atoms with Crippen molar-refractivity contribution in [3.8, 4) is 0 Å². The summed E-state index contributed by atoms with van der Waals surface area (Å²) in [5.74, 6) is 0.865. The molecule has 1 aliphatic rings. The van der Waals surface area contributed by atoms with Crippen LogP contribution in [0.4, 0.5) is 0 Å². The molecule has 1 aliphatic heterocycles. The fourth-order valence-electron chi connectivity index (χ4n) is 1.71. The van der Waals surface area contributed by atoms with Gasteiger partial charge in [0.2, 0.25) is 0 Å². The minimum atomic E-state index is 0.865. The molecule has 0 amide bonds. The lowest BCUT2D eigenvalue weighted by molar-refractivity contribution is 0.0370. The Kier molecular flexibility index (Phi) is 10.4. The van der Waals surface area contributed by atoms with Crippen LogP contribution in [-0.4, -0.2) is 37.7 Å². The van der Waals surface area contributed by atoms with Crippen LogP contribution in [0, 0.1) is 5.92 Å². The van der Waals surface area contributed by atoms with Crippen molar-refractivity contribution in [1.29, 1.82) is 0 Å². The van der Waals surface area contributed by atoms with E-state index in [1.165, 1.54) is 25.8 Å². The van der Waals surface area contributed by atoms with Crippen molar-refractivity contribution in [2.45, 2.75) is 47.0 Å². The van der Waals surface area contributed by atoms with Gasteiger partial charge in [-0.05, 0) is 18.9 Å². The van der Waals surface area contributed by atoms with E-state index in [2.05, 4.69) is 18.7 Å². The lowest BCUT2D eigenvalue weighted by atomic mass is 10.1. The number of morpholine rings is 1. The zero-order valence-electron chi connectivity index (χ0n) is 11.1. The van der Waals surface area contributed by atoms with E-state index in [0.717, 1.165) is 32.2 Å². The van der Waals surface area contributed by atoms with Crippen LogP contribution in [0.3, 0.4) is 0 Å². The third-order valence-corrected chi connectivity index (χ3v) is 2.61. The summed E-state index contributed by atoms with van der Waals surface area (Å²) < 4.78 is 5.30. The quantitative estimate of drug-likeness (QED) is 0.653. The zero-order valence-corrected chi connectivity index (χ0v) is 11.1. The van der Waals surface area contributed by atoms with E-state index >= 15 is 0 Å². The molecule has 2 nitrogen and oxygen atoms in total. The van der Waals surface area contributed by atoms with Crippen LogP contribution in [0.25, 0.3) is 0 Å². The number of hydrogen-bond donors (Lipinski definition) is 0. The van der Waals surface area contributed by atoms with Gasteiger partial charge in [0, 0.05) is 13.1 Å². The lowest BCUT2D eigenvalue weighted by Gasteiger charge is -2.26. The summed E-state index contributed by atoms with van der Waals surface area (Å²) in [6.45, 7) is 14.0. The number of unbranched alkanes of at least 4 members (excludes halogenated alkanes) is 1. The van der Waals surface area contributed by atoms with Crippen LogP contribution in [0.15, 0.2) is 0 Å². The summed E-state index contributed by atoms with van der Waals surface area (Å²) in [5.41, 5.74) is 0. The molecule has 15 heavy (non-hydrogen) atoms.